The Morgan fingerprint density at radius 1 is 1.67 bits per heavy atom. The first kappa shape index (κ1) is 8.99. The third-order valence-electron chi connectivity index (χ3n) is 1.63. The molecule has 0 saturated heterocycles. The summed E-state index contributed by atoms with van der Waals surface area (Å²) in [6.45, 7) is 1.74. The van der Waals surface area contributed by atoms with Crippen LogP contribution in [0.1, 0.15) is 19.2 Å². The van der Waals surface area contributed by atoms with Crippen molar-refractivity contribution >= 4 is 5.95 Å². The van der Waals surface area contributed by atoms with Crippen molar-refractivity contribution in [3.8, 4) is 0 Å². The molecule has 0 fully saturated rings. The standard InChI is InChI=1S/C7H14N4O/c1-5(12)3-4-6-9-7(8)11(2)10-6/h5,12H,3-4H2,1-2H3,(H2,8,9,10). The van der Waals surface area contributed by atoms with E-state index in [1.54, 1.807) is 14.0 Å². The van der Waals surface area contributed by atoms with Crippen molar-refractivity contribution in [2.24, 2.45) is 7.05 Å². The predicted octanol–water partition coefficient (Wildman–Crippen LogP) is -0.289. The van der Waals surface area contributed by atoms with Crippen molar-refractivity contribution in [1.29, 1.82) is 0 Å². The molecule has 3 N–H and O–H groups in total. The number of nitrogen functional groups attached to an aromatic ring is 1. The number of aromatic nitrogens is 3. The second-order valence-corrected chi connectivity index (χ2v) is 2.90. The van der Waals surface area contributed by atoms with Gasteiger partial charge in [0.1, 0.15) is 0 Å². The molecule has 68 valence electrons. The summed E-state index contributed by atoms with van der Waals surface area (Å²) in [6, 6.07) is 0. The molecule has 1 aromatic rings. The van der Waals surface area contributed by atoms with E-state index in [0.29, 0.717) is 24.6 Å². The van der Waals surface area contributed by atoms with Crippen molar-refractivity contribution in [2.75, 3.05) is 5.73 Å². The maximum absolute atomic E-state index is 9.00. The number of hydrogen-bond acceptors (Lipinski definition) is 4. The van der Waals surface area contributed by atoms with Crippen LogP contribution in [-0.4, -0.2) is 26.0 Å². The van der Waals surface area contributed by atoms with Crippen LogP contribution in [0.4, 0.5) is 5.95 Å². The fraction of sp³-hybridized carbons (Fsp3) is 0.714. The second-order valence-electron chi connectivity index (χ2n) is 2.90. The number of aliphatic hydroxyl groups is 1. The Kier molecular flexibility index (Phi) is 2.65. The fourth-order valence-electron chi connectivity index (χ4n) is 0.895. The SMILES string of the molecule is CC(O)CCc1nc(N)n(C)n1. The molecule has 0 aliphatic rings. The lowest BCUT2D eigenvalue weighted by Crippen LogP contribution is -2.02. The molecule has 0 saturated carbocycles. The molecule has 0 radical (unpaired) electrons. The van der Waals surface area contributed by atoms with E-state index in [1.165, 1.54) is 4.68 Å². The van der Waals surface area contributed by atoms with Crippen molar-refractivity contribution < 1.29 is 5.11 Å². The number of nitrogens with zero attached hydrogens (tertiary/aromatic N) is 3. The normalized spacial score (nSPS) is 13.2. The molecular weight excluding hydrogens is 156 g/mol. The Morgan fingerprint density at radius 2 is 2.33 bits per heavy atom. The van der Waals surface area contributed by atoms with E-state index in [4.69, 9.17) is 10.8 Å². The van der Waals surface area contributed by atoms with Crippen LogP contribution in [0.2, 0.25) is 0 Å². The van der Waals surface area contributed by atoms with Gasteiger partial charge < -0.3 is 10.8 Å². The first-order chi connectivity index (χ1) is 5.59. The largest absolute Gasteiger partial charge is 0.393 e. The van der Waals surface area contributed by atoms with Gasteiger partial charge >= 0.3 is 0 Å². The summed E-state index contributed by atoms with van der Waals surface area (Å²) in [5.74, 6) is 1.10. The molecule has 0 amide bonds. The molecule has 0 aliphatic heterocycles. The zero-order valence-electron chi connectivity index (χ0n) is 7.36. The molecule has 0 spiro atoms. The molecule has 5 heteroatoms. The van der Waals surface area contributed by atoms with Crippen LogP contribution in [-0.2, 0) is 13.5 Å². The molecule has 1 rings (SSSR count). The predicted molar refractivity (Wildman–Crippen MR) is 45.4 cm³/mol. The molecule has 1 unspecified atom stereocenters. The average Bonchev–Trinajstić information content (AvgIpc) is 2.28. The zero-order chi connectivity index (χ0) is 9.14. The summed E-state index contributed by atoms with van der Waals surface area (Å²) < 4.78 is 1.53. The van der Waals surface area contributed by atoms with Gasteiger partial charge in [-0.3, -0.25) is 0 Å². The smallest absolute Gasteiger partial charge is 0.218 e. The van der Waals surface area contributed by atoms with Crippen molar-refractivity contribution in [2.45, 2.75) is 25.9 Å². The van der Waals surface area contributed by atoms with E-state index in [-0.39, 0.29) is 6.10 Å². The maximum Gasteiger partial charge on any atom is 0.218 e. The highest BCUT2D eigenvalue weighted by atomic mass is 16.3. The summed E-state index contributed by atoms with van der Waals surface area (Å²) in [7, 11) is 1.74. The summed E-state index contributed by atoms with van der Waals surface area (Å²) in [5.41, 5.74) is 5.47. The van der Waals surface area contributed by atoms with Crippen molar-refractivity contribution in [3.05, 3.63) is 5.82 Å². The van der Waals surface area contributed by atoms with Gasteiger partial charge in [0, 0.05) is 13.5 Å². The highest BCUT2D eigenvalue weighted by Gasteiger charge is 2.04. The summed E-state index contributed by atoms with van der Waals surface area (Å²) in [4.78, 5) is 4.00. The van der Waals surface area contributed by atoms with Gasteiger partial charge in [0.15, 0.2) is 5.82 Å². The van der Waals surface area contributed by atoms with Gasteiger partial charge in [-0.2, -0.15) is 10.1 Å². The van der Waals surface area contributed by atoms with E-state index in [1.807, 2.05) is 0 Å². The number of aryl methyl sites for hydroxylation is 2. The Bertz CT molecular complexity index is 236. The highest BCUT2D eigenvalue weighted by molar-refractivity contribution is 5.15. The van der Waals surface area contributed by atoms with Gasteiger partial charge in [0.25, 0.3) is 0 Å². The van der Waals surface area contributed by atoms with Crippen LogP contribution in [0.5, 0.6) is 0 Å². The van der Waals surface area contributed by atoms with Crippen LogP contribution in [0.25, 0.3) is 0 Å². The minimum absolute atomic E-state index is 0.310. The van der Waals surface area contributed by atoms with Crippen LogP contribution in [0, 0.1) is 0 Å². The molecule has 5 nitrogen and oxygen atoms in total. The average molecular weight is 170 g/mol. The van der Waals surface area contributed by atoms with Crippen molar-refractivity contribution in [1.82, 2.24) is 14.8 Å². The number of aliphatic hydroxyl groups excluding tert-OH is 1. The number of anilines is 1. The molecule has 0 aromatic carbocycles. The van der Waals surface area contributed by atoms with Crippen LogP contribution in [0.15, 0.2) is 0 Å². The van der Waals surface area contributed by atoms with Crippen LogP contribution < -0.4 is 5.73 Å². The lowest BCUT2D eigenvalue weighted by Gasteiger charge is -1.98. The number of hydrogen-bond donors (Lipinski definition) is 2. The minimum Gasteiger partial charge on any atom is -0.393 e. The van der Waals surface area contributed by atoms with Gasteiger partial charge in [-0.25, -0.2) is 4.68 Å². The molecule has 1 aromatic heterocycles. The van der Waals surface area contributed by atoms with E-state index in [9.17, 15) is 0 Å². The fourth-order valence-corrected chi connectivity index (χ4v) is 0.895. The van der Waals surface area contributed by atoms with Crippen LogP contribution in [0.3, 0.4) is 0 Å². The van der Waals surface area contributed by atoms with Gasteiger partial charge in [-0.05, 0) is 13.3 Å². The molecule has 1 heterocycles. The van der Waals surface area contributed by atoms with E-state index >= 15 is 0 Å². The van der Waals surface area contributed by atoms with E-state index in [2.05, 4.69) is 10.1 Å². The summed E-state index contributed by atoms with van der Waals surface area (Å²) in [6.07, 6.45) is 1.03. The minimum atomic E-state index is -0.310. The highest BCUT2D eigenvalue weighted by Crippen LogP contribution is 2.02. The third kappa shape index (κ3) is 2.20. The summed E-state index contributed by atoms with van der Waals surface area (Å²) >= 11 is 0. The van der Waals surface area contributed by atoms with Crippen molar-refractivity contribution in [3.63, 3.8) is 0 Å². The molecule has 12 heavy (non-hydrogen) atoms. The van der Waals surface area contributed by atoms with Gasteiger partial charge in [-0.15, -0.1) is 0 Å². The lowest BCUT2D eigenvalue weighted by atomic mass is 10.2. The lowest BCUT2D eigenvalue weighted by molar-refractivity contribution is 0.184. The molecule has 0 aliphatic carbocycles. The first-order valence-electron chi connectivity index (χ1n) is 3.93. The Morgan fingerprint density at radius 3 is 2.75 bits per heavy atom. The quantitative estimate of drug-likeness (QED) is 0.653. The monoisotopic (exact) mass is 170 g/mol. The summed E-state index contributed by atoms with van der Waals surface area (Å²) in [5, 5.41) is 13.0. The molecule has 1 atom stereocenters. The van der Waals surface area contributed by atoms with Gasteiger partial charge in [-0.1, -0.05) is 0 Å². The van der Waals surface area contributed by atoms with Crippen LogP contribution >= 0.6 is 0 Å². The van der Waals surface area contributed by atoms with Gasteiger partial charge in [0.05, 0.1) is 6.10 Å². The maximum atomic E-state index is 9.00. The molecular formula is C7H14N4O. The Labute approximate surface area is 71.2 Å². The number of rotatable bonds is 3. The van der Waals surface area contributed by atoms with E-state index < -0.39 is 0 Å². The van der Waals surface area contributed by atoms with E-state index in [0.717, 1.165) is 0 Å². The first-order valence-corrected chi connectivity index (χ1v) is 3.93. The second kappa shape index (κ2) is 3.53. The molecule has 0 bridgehead atoms. The Balaban J connectivity index is 2.53. The third-order valence-corrected chi connectivity index (χ3v) is 1.63. The number of nitrogens with two attached hydrogens (primary N) is 1. The topological polar surface area (TPSA) is 77.0 Å². The zero-order valence-corrected chi connectivity index (χ0v) is 7.36. The Hall–Kier alpha value is -1.10. The van der Waals surface area contributed by atoms with Gasteiger partial charge in [0.2, 0.25) is 5.95 Å².